The van der Waals surface area contributed by atoms with E-state index >= 15 is 0 Å². The second-order valence-electron chi connectivity index (χ2n) is 4.72. The first kappa shape index (κ1) is 14.7. The molecule has 0 aliphatic rings. The first-order valence-electron chi connectivity index (χ1n) is 6.77. The van der Waals surface area contributed by atoms with Crippen LogP contribution in [0.5, 0.6) is 5.88 Å². The fraction of sp³-hybridized carbons (Fsp3) is 0.600. The highest BCUT2D eigenvalue weighted by Crippen LogP contribution is 2.14. The zero-order valence-corrected chi connectivity index (χ0v) is 11.6. The minimum atomic E-state index is 0.0397. The van der Waals surface area contributed by atoms with Gasteiger partial charge in [0.05, 0.1) is 6.10 Å². The lowest BCUT2D eigenvalue weighted by Gasteiger charge is -2.13. The molecule has 0 radical (unpaired) electrons. The van der Waals surface area contributed by atoms with Gasteiger partial charge < -0.3 is 4.74 Å². The molecule has 0 amide bonds. The highest BCUT2D eigenvalue weighted by molar-refractivity contribution is 5.94. The summed E-state index contributed by atoms with van der Waals surface area (Å²) in [5.41, 5.74) is 0.651. The summed E-state index contributed by atoms with van der Waals surface area (Å²) in [6.45, 7) is 5.80. The molecule has 0 fully saturated rings. The Morgan fingerprint density at radius 1 is 1.39 bits per heavy atom. The van der Waals surface area contributed by atoms with Crippen molar-refractivity contribution in [3.63, 3.8) is 0 Å². The molecule has 18 heavy (non-hydrogen) atoms. The molecule has 0 aliphatic heterocycles. The molecule has 0 spiro atoms. The van der Waals surface area contributed by atoms with Crippen LogP contribution in [0.3, 0.4) is 0 Å². The minimum absolute atomic E-state index is 0.0397. The Hall–Kier alpha value is -1.38. The van der Waals surface area contributed by atoms with E-state index in [0.29, 0.717) is 11.4 Å². The second-order valence-corrected chi connectivity index (χ2v) is 4.72. The van der Waals surface area contributed by atoms with Crippen molar-refractivity contribution in [3.8, 4) is 5.88 Å². The van der Waals surface area contributed by atoms with E-state index in [1.54, 1.807) is 25.3 Å². The van der Waals surface area contributed by atoms with Crippen LogP contribution in [-0.4, -0.2) is 16.9 Å². The lowest BCUT2D eigenvalue weighted by Crippen LogP contribution is -2.12. The van der Waals surface area contributed by atoms with Crippen molar-refractivity contribution in [1.29, 1.82) is 0 Å². The molecule has 3 heteroatoms. The maximum atomic E-state index is 11.2. The van der Waals surface area contributed by atoms with Gasteiger partial charge in [-0.15, -0.1) is 0 Å². The van der Waals surface area contributed by atoms with Gasteiger partial charge in [-0.25, -0.2) is 4.98 Å². The molecule has 1 aromatic rings. The number of carbonyl (C=O) groups excluding carboxylic acids is 1. The number of ether oxygens (including phenoxy) is 1. The Morgan fingerprint density at radius 3 is 2.83 bits per heavy atom. The van der Waals surface area contributed by atoms with Gasteiger partial charge in [-0.05, 0) is 32.8 Å². The maximum absolute atomic E-state index is 11.2. The molecule has 0 aromatic carbocycles. The van der Waals surface area contributed by atoms with E-state index in [9.17, 15) is 4.79 Å². The van der Waals surface area contributed by atoms with Gasteiger partial charge in [-0.3, -0.25) is 4.79 Å². The highest BCUT2D eigenvalue weighted by atomic mass is 16.5. The van der Waals surface area contributed by atoms with Crippen LogP contribution in [0.1, 0.15) is 63.2 Å². The second kappa shape index (κ2) is 7.85. The molecule has 3 nitrogen and oxygen atoms in total. The van der Waals surface area contributed by atoms with Gasteiger partial charge in [-0.2, -0.15) is 0 Å². The molecule has 0 N–H and O–H groups in total. The lowest BCUT2D eigenvalue weighted by atomic mass is 10.1. The molecule has 1 atom stereocenters. The predicted octanol–water partition coefficient (Wildman–Crippen LogP) is 4.02. The summed E-state index contributed by atoms with van der Waals surface area (Å²) in [5.74, 6) is 0.587. The van der Waals surface area contributed by atoms with E-state index in [1.807, 2.05) is 6.92 Å². The van der Waals surface area contributed by atoms with Crippen LogP contribution in [0.4, 0.5) is 0 Å². The van der Waals surface area contributed by atoms with Crippen molar-refractivity contribution in [2.75, 3.05) is 0 Å². The van der Waals surface area contributed by atoms with Gasteiger partial charge in [0.25, 0.3) is 0 Å². The summed E-state index contributed by atoms with van der Waals surface area (Å²) < 4.78 is 5.72. The standard InChI is InChI=1S/C15H23NO2/c1-4-5-6-7-8-12(2)18-15-11-14(13(3)17)9-10-16-15/h9-12H,4-8H2,1-3H3. The Bertz CT molecular complexity index is 377. The van der Waals surface area contributed by atoms with Gasteiger partial charge in [0.1, 0.15) is 0 Å². The zero-order valence-electron chi connectivity index (χ0n) is 11.6. The average Bonchev–Trinajstić information content (AvgIpc) is 2.35. The molecule has 1 aromatic heterocycles. The number of nitrogens with zero attached hydrogens (tertiary/aromatic N) is 1. The van der Waals surface area contributed by atoms with Crippen molar-refractivity contribution in [3.05, 3.63) is 23.9 Å². The fourth-order valence-electron chi connectivity index (χ4n) is 1.82. The van der Waals surface area contributed by atoms with E-state index in [-0.39, 0.29) is 11.9 Å². The van der Waals surface area contributed by atoms with E-state index in [4.69, 9.17) is 4.74 Å². The monoisotopic (exact) mass is 249 g/mol. The number of aromatic nitrogens is 1. The molecule has 0 bridgehead atoms. The Morgan fingerprint density at radius 2 is 2.17 bits per heavy atom. The third-order valence-electron chi connectivity index (χ3n) is 2.93. The molecule has 100 valence electrons. The lowest BCUT2D eigenvalue weighted by molar-refractivity contribution is 0.101. The van der Waals surface area contributed by atoms with E-state index in [2.05, 4.69) is 11.9 Å². The number of hydrogen-bond donors (Lipinski definition) is 0. The Labute approximate surface area is 110 Å². The fourth-order valence-corrected chi connectivity index (χ4v) is 1.82. The van der Waals surface area contributed by atoms with Crippen LogP contribution < -0.4 is 4.74 Å². The number of unbranched alkanes of at least 4 members (excludes halogenated alkanes) is 3. The summed E-state index contributed by atoms with van der Waals surface area (Å²) >= 11 is 0. The van der Waals surface area contributed by atoms with Crippen LogP contribution in [0.25, 0.3) is 0 Å². The molecular formula is C15H23NO2. The van der Waals surface area contributed by atoms with E-state index in [1.165, 1.54) is 25.7 Å². The molecule has 1 rings (SSSR count). The number of rotatable bonds is 8. The average molecular weight is 249 g/mol. The normalized spacial score (nSPS) is 12.2. The van der Waals surface area contributed by atoms with Crippen LogP contribution in [0, 0.1) is 0 Å². The maximum Gasteiger partial charge on any atom is 0.214 e. The number of carbonyl (C=O) groups is 1. The van der Waals surface area contributed by atoms with Gasteiger partial charge in [0.15, 0.2) is 5.78 Å². The van der Waals surface area contributed by atoms with Gasteiger partial charge in [0, 0.05) is 17.8 Å². The highest BCUT2D eigenvalue weighted by Gasteiger charge is 2.07. The molecule has 0 saturated heterocycles. The molecule has 1 unspecified atom stereocenters. The third kappa shape index (κ3) is 5.30. The topological polar surface area (TPSA) is 39.2 Å². The smallest absolute Gasteiger partial charge is 0.214 e. The van der Waals surface area contributed by atoms with Crippen molar-refractivity contribution >= 4 is 5.78 Å². The molecule has 0 saturated carbocycles. The van der Waals surface area contributed by atoms with Crippen LogP contribution in [0.15, 0.2) is 18.3 Å². The predicted molar refractivity (Wildman–Crippen MR) is 73.1 cm³/mol. The largest absolute Gasteiger partial charge is 0.475 e. The van der Waals surface area contributed by atoms with Crippen molar-refractivity contribution in [1.82, 2.24) is 4.98 Å². The Kier molecular flexibility index (Phi) is 6.40. The van der Waals surface area contributed by atoms with Crippen molar-refractivity contribution < 1.29 is 9.53 Å². The van der Waals surface area contributed by atoms with Crippen molar-refractivity contribution in [2.45, 2.75) is 59.0 Å². The SMILES string of the molecule is CCCCCCC(C)Oc1cc(C(C)=O)ccn1. The van der Waals surface area contributed by atoms with E-state index < -0.39 is 0 Å². The number of pyridine rings is 1. The molecule has 1 heterocycles. The van der Waals surface area contributed by atoms with Crippen LogP contribution >= 0.6 is 0 Å². The summed E-state index contributed by atoms with van der Waals surface area (Å²) in [7, 11) is 0. The number of hydrogen-bond acceptors (Lipinski definition) is 3. The third-order valence-corrected chi connectivity index (χ3v) is 2.93. The summed E-state index contributed by atoms with van der Waals surface area (Å²) in [4.78, 5) is 15.4. The molecule has 0 aliphatic carbocycles. The van der Waals surface area contributed by atoms with Crippen molar-refractivity contribution in [2.24, 2.45) is 0 Å². The summed E-state index contributed by atoms with van der Waals surface area (Å²) in [6.07, 6.45) is 7.77. The van der Waals surface area contributed by atoms with Gasteiger partial charge in [-0.1, -0.05) is 26.2 Å². The van der Waals surface area contributed by atoms with E-state index in [0.717, 1.165) is 6.42 Å². The Balaban J connectivity index is 2.41. The van der Waals surface area contributed by atoms with Crippen LogP contribution in [-0.2, 0) is 0 Å². The zero-order chi connectivity index (χ0) is 13.4. The summed E-state index contributed by atoms with van der Waals surface area (Å²) in [6, 6.07) is 3.42. The summed E-state index contributed by atoms with van der Waals surface area (Å²) in [5, 5.41) is 0. The first-order valence-corrected chi connectivity index (χ1v) is 6.77. The number of ketones is 1. The van der Waals surface area contributed by atoms with Gasteiger partial charge >= 0.3 is 0 Å². The molecular weight excluding hydrogens is 226 g/mol. The minimum Gasteiger partial charge on any atom is -0.475 e. The number of Topliss-reactive ketones (excluding diaryl/α,β-unsaturated/α-hetero) is 1. The van der Waals surface area contributed by atoms with Gasteiger partial charge in [0.2, 0.25) is 5.88 Å². The first-order chi connectivity index (χ1) is 8.63. The quantitative estimate of drug-likeness (QED) is 0.516. The van der Waals surface area contributed by atoms with Crippen LogP contribution in [0.2, 0.25) is 0 Å².